The highest BCUT2D eigenvalue weighted by Crippen LogP contribution is 2.17. The smallest absolute Gasteiger partial charge is 0.241 e. The molecule has 1 aromatic carbocycles. The third kappa shape index (κ3) is 4.19. The van der Waals surface area contributed by atoms with E-state index in [4.69, 9.17) is 9.47 Å². The summed E-state index contributed by atoms with van der Waals surface area (Å²) in [6.07, 6.45) is 0.315. The summed E-state index contributed by atoms with van der Waals surface area (Å²) in [5.41, 5.74) is 0.780. The molecule has 0 bridgehead atoms. The topological polar surface area (TPSA) is 50.8 Å². The summed E-state index contributed by atoms with van der Waals surface area (Å²) < 4.78 is 10.8. The first-order valence-electron chi connectivity index (χ1n) is 7.34. The zero-order valence-corrected chi connectivity index (χ0v) is 13.1. The minimum Gasteiger partial charge on any atom is -0.497 e. The van der Waals surface area contributed by atoms with E-state index in [0.29, 0.717) is 0 Å². The molecule has 1 saturated heterocycles. The quantitative estimate of drug-likeness (QED) is 0.923. The van der Waals surface area contributed by atoms with E-state index in [9.17, 15) is 4.79 Å². The predicted octanol–water partition coefficient (Wildman–Crippen LogP) is 2.13. The van der Waals surface area contributed by atoms with Gasteiger partial charge < -0.3 is 14.8 Å². The monoisotopic (exact) mass is 292 g/mol. The molecule has 0 spiro atoms. The number of morpholine rings is 1. The molecule has 5 nitrogen and oxygen atoms in total. The van der Waals surface area contributed by atoms with Crippen molar-refractivity contribution in [2.45, 2.75) is 39.0 Å². The predicted molar refractivity (Wildman–Crippen MR) is 82.7 cm³/mol. The molecule has 1 amide bonds. The van der Waals surface area contributed by atoms with Gasteiger partial charge in [-0.2, -0.15) is 0 Å². The Kier molecular flexibility index (Phi) is 5.20. The Bertz CT molecular complexity index is 465. The summed E-state index contributed by atoms with van der Waals surface area (Å²) in [5.74, 6) is 0.776. The standard InChI is InChI=1S/C16H24N2O3/c1-11-9-18(10-12(2)21-11)13(3)16(19)17-14-5-7-15(20-4)8-6-14/h5-8,11-13H,9-10H2,1-4H3,(H,17,19)/t11-,12-,13+/m1/s1. The number of anilines is 1. The minimum absolute atomic E-state index is 0.00136. The fraction of sp³-hybridized carbons (Fsp3) is 0.562. The van der Waals surface area contributed by atoms with Crippen LogP contribution in [0, 0.1) is 0 Å². The normalized spacial score (nSPS) is 24.4. The van der Waals surface area contributed by atoms with Gasteiger partial charge in [-0.1, -0.05) is 0 Å². The summed E-state index contributed by atoms with van der Waals surface area (Å²) in [6.45, 7) is 7.57. The van der Waals surface area contributed by atoms with Gasteiger partial charge in [-0.05, 0) is 45.0 Å². The molecule has 0 radical (unpaired) electrons. The zero-order valence-electron chi connectivity index (χ0n) is 13.1. The van der Waals surface area contributed by atoms with Crippen LogP contribution in [-0.4, -0.2) is 49.3 Å². The van der Waals surface area contributed by atoms with Gasteiger partial charge in [0.2, 0.25) is 5.91 Å². The highest BCUT2D eigenvalue weighted by atomic mass is 16.5. The number of hydrogen-bond donors (Lipinski definition) is 1. The molecule has 3 atom stereocenters. The Hall–Kier alpha value is -1.59. The van der Waals surface area contributed by atoms with Gasteiger partial charge in [-0.3, -0.25) is 9.69 Å². The molecule has 1 heterocycles. The second-order valence-electron chi connectivity index (χ2n) is 5.60. The lowest BCUT2D eigenvalue weighted by Crippen LogP contribution is -2.52. The Morgan fingerprint density at radius 1 is 1.29 bits per heavy atom. The number of benzene rings is 1. The van der Waals surface area contributed by atoms with E-state index in [2.05, 4.69) is 10.2 Å². The zero-order chi connectivity index (χ0) is 15.4. The molecule has 1 fully saturated rings. The Morgan fingerprint density at radius 3 is 2.38 bits per heavy atom. The first-order chi connectivity index (χ1) is 9.99. The van der Waals surface area contributed by atoms with Crippen LogP contribution in [0.4, 0.5) is 5.69 Å². The molecule has 0 unspecified atom stereocenters. The third-order valence-electron chi connectivity index (χ3n) is 3.73. The van der Waals surface area contributed by atoms with E-state index in [-0.39, 0.29) is 24.2 Å². The van der Waals surface area contributed by atoms with E-state index in [1.54, 1.807) is 7.11 Å². The molecule has 1 aromatic rings. The van der Waals surface area contributed by atoms with Crippen LogP contribution in [-0.2, 0) is 9.53 Å². The van der Waals surface area contributed by atoms with Crippen molar-refractivity contribution in [3.05, 3.63) is 24.3 Å². The largest absolute Gasteiger partial charge is 0.497 e. The average molecular weight is 292 g/mol. The number of rotatable bonds is 4. The Morgan fingerprint density at radius 2 is 1.86 bits per heavy atom. The number of amides is 1. The molecule has 1 aliphatic heterocycles. The van der Waals surface area contributed by atoms with Crippen LogP contribution >= 0.6 is 0 Å². The molecule has 0 saturated carbocycles. The van der Waals surface area contributed by atoms with Crippen molar-refractivity contribution in [3.63, 3.8) is 0 Å². The number of nitrogens with one attached hydrogen (secondary N) is 1. The molecule has 21 heavy (non-hydrogen) atoms. The van der Waals surface area contributed by atoms with Crippen LogP contribution in [0.3, 0.4) is 0 Å². The Balaban J connectivity index is 1.95. The van der Waals surface area contributed by atoms with E-state index >= 15 is 0 Å². The maximum absolute atomic E-state index is 12.4. The summed E-state index contributed by atoms with van der Waals surface area (Å²) in [7, 11) is 1.62. The SMILES string of the molecule is COc1ccc(NC(=O)[C@H](C)N2C[C@@H](C)O[C@H](C)C2)cc1. The maximum Gasteiger partial charge on any atom is 0.241 e. The highest BCUT2D eigenvalue weighted by Gasteiger charge is 2.29. The van der Waals surface area contributed by atoms with E-state index in [0.717, 1.165) is 24.5 Å². The second kappa shape index (κ2) is 6.91. The lowest BCUT2D eigenvalue weighted by Gasteiger charge is -2.38. The molecular formula is C16H24N2O3. The Labute approximate surface area is 126 Å². The van der Waals surface area contributed by atoms with Gasteiger partial charge in [0.05, 0.1) is 25.4 Å². The van der Waals surface area contributed by atoms with E-state index < -0.39 is 0 Å². The summed E-state index contributed by atoms with van der Waals surface area (Å²) >= 11 is 0. The summed E-state index contributed by atoms with van der Waals surface area (Å²) in [4.78, 5) is 14.5. The van der Waals surface area contributed by atoms with Crippen LogP contribution in [0.5, 0.6) is 5.75 Å². The minimum atomic E-state index is -0.180. The highest BCUT2D eigenvalue weighted by molar-refractivity contribution is 5.94. The fourth-order valence-corrected chi connectivity index (χ4v) is 2.62. The van der Waals surface area contributed by atoms with Crippen molar-refractivity contribution >= 4 is 11.6 Å². The first kappa shape index (κ1) is 15.8. The maximum atomic E-state index is 12.4. The van der Waals surface area contributed by atoms with Crippen molar-refractivity contribution in [2.75, 3.05) is 25.5 Å². The van der Waals surface area contributed by atoms with Crippen molar-refractivity contribution in [3.8, 4) is 5.75 Å². The van der Waals surface area contributed by atoms with Crippen molar-refractivity contribution < 1.29 is 14.3 Å². The van der Waals surface area contributed by atoms with Gasteiger partial charge in [0, 0.05) is 18.8 Å². The number of nitrogens with zero attached hydrogens (tertiary/aromatic N) is 1. The van der Waals surface area contributed by atoms with E-state index in [1.807, 2.05) is 45.0 Å². The molecule has 116 valence electrons. The van der Waals surface area contributed by atoms with Gasteiger partial charge >= 0.3 is 0 Å². The van der Waals surface area contributed by atoms with Crippen molar-refractivity contribution in [2.24, 2.45) is 0 Å². The van der Waals surface area contributed by atoms with Crippen molar-refractivity contribution in [1.29, 1.82) is 0 Å². The number of methoxy groups -OCH3 is 1. The lowest BCUT2D eigenvalue weighted by molar-refractivity contribution is -0.126. The molecule has 0 aromatic heterocycles. The molecule has 1 aliphatic rings. The lowest BCUT2D eigenvalue weighted by atomic mass is 10.1. The summed E-state index contributed by atoms with van der Waals surface area (Å²) in [5, 5.41) is 2.94. The molecular weight excluding hydrogens is 268 g/mol. The second-order valence-corrected chi connectivity index (χ2v) is 5.60. The van der Waals surface area contributed by atoms with Gasteiger partial charge in [0.15, 0.2) is 0 Å². The van der Waals surface area contributed by atoms with Crippen LogP contribution in [0.2, 0.25) is 0 Å². The van der Waals surface area contributed by atoms with Gasteiger partial charge in [-0.15, -0.1) is 0 Å². The third-order valence-corrected chi connectivity index (χ3v) is 3.73. The summed E-state index contributed by atoms with van der Waals surface area (Å²) in [6, 6.07) is 7.17. The van der Waals surface area contributed by atoms with Crippen LogP contribution in [0.15, 0.2) is 24.3 Å². The van der Waals surface area contributed by atoms with Crippen molar-refractivity contribution in [1.82, 2.24) is 4.90 Å². The fourth-order valence-electron chi connectivity index (χ4n) is 2.62. The number of carbonyl (C=O) groups excluding carboxylic acids is 1. The number of carbonyl (C=O) groups is 1. The average Bonchev–Trinajstić information content (AvgIpc) is 2.46. The molecule has 2 rings (SSSR count). The number of ether oxygens (including phenoxy) is 2. The van der Waals surface area contributed by atoms with E-state index in [1.165, 1.54) is 0 Å². The van der Waals surface area contributed by atoms with Crippen LogP contribution in [0.25, 0.3) is 0 Å². The van der Waals surface area contributed by atoms with Gasteiger partial charge in [-0.25, -0.2) is 0 Å². The number of hydrogen-bond acceptors (Lipinski definition) is 4. The van der Waals surface area contributed by atoms with Gasteiger partial charge in [0.25, 0.3) is 0 Å². The molecule has 1 N–H and O–H groups in total. The van der Waals surface area contributed by atoms with Crippen LogP contribution < -0.4 is 10.1 Å². The molecule has 0 aliphatic carbocycles. The van der Waals surface area contributed by atoms with Gasteiger partial charge in [0.1, 0.15) is 5.75 Å². The molecule has 5 heteroatoms. The van der Waals surface area contributed by atoms with Crippen LogP contribution in [0.1, 0.15) is 20.8 Å². The first-order valence-corrected chi connectivity index (χ1v) is 7.34.